The van der Waals surface area contributed by atoms with Gasteiger partial charge in [0.1, 0.15) is 0 Å². The van der Waals surface area contributed by atoms with Gasteiger partial charge < -0.3 is 10.1 Å². The van der Waals surface area contributed by atoms with Gasteiger partial charge in [-0.2, -0.15) is 9.40 Å². The molecule has 3 heterocycles. The van der Waals surface area contributed by atoms with E-state index in [-0.39, 0.29) is 30.0 Å². The normalized spacial score (nSPS) is 20.9. The summed E-state index contributed by atoms with van der Waals surface area (Å²) in [5.41, 5.74) is 2.18. The van der Waals surface area contributed by atoms with Gasteiger partial charge in [0.15, 0.2) is 0 Å². The Balaban J connectivity index is 1.60. The lowest BCUT2D eigenvalue weighted by atomic mass is 10.0. The number of sulfonamides is 1. The van der Waals surface area contributed by atoms with Gasteiger partial charge in [0.25, 0.3) is 5.91 Å². The number of hydrogen-bond acceptors (Lipinski definition) is 5. The maximum Gasteiger partial charge on any atom is 0.251 e. The van der Waals surface area contributed by atoms with E-state index in [9.17, 15) is 13.2 Å². The highest BCUT2D eigenvalue weighted by Gasteiger charge is 2.33. The fourth-order valence-corrected chi connectivity index (χ4v) is 4.92. The highest BCUT2D eigenvalue weighted by atomic mass is 32.2. The van der Waals surface area contributed by atoms with Crippen LogP contribution in [0.3, 0.4) is 0 Å². The van der Waals surface area contributed by atoms with E-state index in [2.05, 4.69) is 10.4 Å². The van der Waals surface area contributed by atoms with Crippen LogP contribution in [-0.4, -0.2) is 54.7 Å². The number of aryl methyl sites for hydroxylation is 1. The van der Waals surface area contributed by atoms with Crippen LogP contribution < -0.4 is 5.32 Å². The number of carbonyl (C=O) groups is 1. The summed E-state index contributed by atoms with van der Waals surface area (Å²) in [5.74, 6) is -0.222. The number of nitrogens with one attached hydrogen (secondary N) is 1. The molecule has 2 aliphatic rings. The standard InChI is InChI=1S/C18H22N4O4S/c1-2-21-11-14(10-20-21)17-12-22(7-8-26-17)27(24,25)15-4-3-13-5-6-19-18(23)16(13)9-15/h3-4,9-11,17H,2,5-8,12H2,1H3,(H,19,23). The van der Waals surface area contributed by atoms with Crippen molar-refractivity contribution in [2.24, 2.45) is 0 Å². The first-order chi connectivity index (χ1) is 13.0. The minimum atomic E-state index is -3.71. The lowest BCUT2D eigenvalue weighted by molar-refractivity contribution is -0.00260. The smallest absolute Gasteiger partial charge is 0.251 e. The van der Waals surface area contributed by atoms with Crippen molar-refractivity contribution >= 4 is 15.9 Å². The zero-order valence-corrected chi connectivity index (χ0v) is 15.9. The third kappa shape index (κ3) is 3.38. The summed E-state index contributed by atoms with van der Waals surface area (Å²) in [4.78, 5) is 12.2. The van der Waals surface area contributed by atoms with Crippen LogP contribution in [0.1, 0.15) is 34.5 Å². The fourth-order valence-electron chi connectivity index (χ4n) is 3.46. The molecule has 0 saturated carbocycles. The highest BCUT2D eigenvalue weighted by molar-refractivity contribution is 7.89. The molecular formula is C18H22N4O4S. The minimum absolute atomic E-state index is 0.142. The summed E-state index contributed by atoms with van der Waals surface area (Å²) in [7, 11) is -3.71. The largest absolute Gasteiger partial charge is 0.371 e. The molecular weight excluding hydrogens is 368 g/mol. The number of rotatable bonds is 4. The summed E-state index contributed by atoms with van der Waals surface area (Å²) in [6.07, 6.45) is 3.95. The molecule has 4 rings (SSSR count). The molecule has 2 aliphatic heterocycles. The Morgan fingerprint density at radius 3 is 3.00 bits per heavy atom. The van der Waals surface area contributed by atoms with Gasteiger partial charge in [0.2, 0.25) is 10.0 Å². The van der Waals surface area contributed by atoms with Crippen LogP contribution >= 0.6 is 0 Å². The Labute approximate surface area is 158 Å². The summed E-state index contributed by atoms with van der Waals surface area (Å²) < 4.78 is 35.2. The van der Waals surface area contributed by atoms with Gasteiger partial charge in [-0.25, -0.2) is 8.42 Å². The molecule has 9 heteroatoms. The van der Waals surface area contributed by atoms with Crippen LogP contribution in [0, 0.1) is 0 Å². The molecule has 0 bridgehead atoms. The lowest BCUT2D eigenvalue weighted by Gasteiger charge is -2.32. The number of amides is 1. The number of carbonyl (C=O) groups excluding carboxylic acids is 1. The number of hydrogen-bond donors (Lipinski definition) is 1. The molecule has 1 saturated heterocycles. The van der Waals surface area contributed by atoms with E-state index in [0.29, 0.717) is 25.1 Å². The summed E-state index contributed by atoms with van der Waals surface area (Å²) >= 11 is 0. The Morgan fingerprint density at radius 2 is 2.22 bits per heavy atom. The number of nitrogens with zero attached hydrogens (tertiary/aromatic N) is 3. The molecule has 1 fully saturated rings. The molecule has 0 aliphatic carbocycles. The third-order valence-corrected chi connectivity index (χ3v) is 6.88. The topological polar surface area (TPSA) is 93.5 Å². The number of benzene rings is 1. The Kier molecular flexibility index (Phi) is 4.75. The zero-order valence-electron chi connectivity index (χ0n) is 15.1. The van der Waals surface area contributed by atoms with E-state index in [0.717, 1.165) is 17.7 Å². The first-order valence-corrected chi connectivity index (χ1v) is 10.5. The predicted octanol–water partition coefficient (Wildman–Crippen LogP) is 0.951. The number of morpholine rings is 1. The van der Waals surface area contributed by atoms with Gasteiger partial charge in [-0.1, -0.05) is 6.07 Å². The van der Waals surface area contributed by atoms with Gasteiger partial charge in [-0.15, -0.1) is 0 Å². The van der Waals surface area contributed by atoms with Crippen molar-refractivity contribution in [2.75, 3.05) is 26.2 Å². The van der Waals surface area contributed by atoms with Crippen LogP contribution in [0.25, 0.3) is 0 Å². The van der Waals surface area contributed by atoms with Gasteiger partial charge in [-0.05, 0) is 31.0 Å². The molecule has 1 atom stereocenters. The van der Waals surface area contributed by atoms with Gasteiger partial charge >= 0.3 is 0 Å². The summed E-state index contributed by atoms with van der Waals surface area (Å²) in [5, 5.41) is 6.99. The molecule has 144 valence electrons. The van der Waals surface area contributed by atoms with E-state index >= 15 is 0 Å². The highest BCUT2D eigenvalue weighted by Crippen LogP contribution is 2.27. The molecule has 0 radical (unpaired) electrons. The monoisotopic (exact) mass is 390 g/mol. The first kappa shape index (κ1) is 18.1. The van der Waals surface area contributed by atoms with Gasteiger partial charge in [0.05, 0.1) is 23.8 Å². The molecule has 2 aromatic rings. The van der Waals surface area contributed by atoms with Crippen molar-refractivity contribution in [3.63, 3.8) is 0 Å². The number of aromatic nitrogens is 2. The van der Waals surface area contributed by atoms with Crippen molar-refractivity contribution in [2.45, 2.75) is 30.9 Å². The number of fused-ring (bicyclic) bond motifs is 1. The van der Waals surface area contributed by atoms with Crippen LogP contribution in [0.2, 0.25) is 0 Å². The maximum absolute atomic E-state index is 13.1. The molecule has 0 spiro atoms. The second-order valence-corrected chi connectivity index (χ2v) is 8.61. The van der Waals surface area contributed by atoms with E-state index in [1.807, 2.05) is 13.1 Å². The van der Waals surface area contributed by atoms with E-state index < -0.39 is 10.0 Å². The Hall–Kier alpha value is -2.23. The van der Waals surface area contributed by atoms with Crippen LogP contribution in [0.15, 0.2) is 35.5 Å². The quantitative estimate of drug-likeness (QED) is 0.839. The van der Waals surface area contributed by atoms with Crippen molar-refractivity contribution < 1.29 is 17.9 Å². The summed E-state index contributed by atoms with van der Waals surface area (Å²) in [6, 6.07) is 4.81. The summed E-state index contributed by atoms with van der Waals surface area (Å²) in [6.45, 7) is 4.12. The van der Waals surface area contributed by atoms with Crippen LogP contribution in [0.5, 0.6) is 0 Å². The van der Waals surface area contributed by atoms with Gasteiger partial charge in [-0.3, -0.25) is 9.48 Å². The fraction of sp³-hybridized carbons (Fsp3) is 0.444. The number of ether oxygens (including phenoxy) is 1. The molecule has 1 unspecified atom stereocenters. The first-order valence-electron chi connectivity index (χ1n) is 9.04. The zero-order chi connectivity index (χ0) is 19.0. The average molecular weight is 390 g/mol. The molecule has 27 heavy (non-hydrogen) atoms. The van der Waals surface area contributed by atoms with E-state index in [4.69, 9.17) is 4.74 Å². The predicted molar refractivity (Wildman–Crippen MR) is 97.8 cm³/mol. The second-order valence-electron chi connectivity index (χ2n) is 6.68. The minimum Gasteiger partial charge on any atom is -0.371 e. The third-order valence-electron chi connectivity index (χ3n) is 5.02. The van der Waals surface area contributed by atoms with E-state index in [1.54, 1.807) is 23.0 Å². The van der Waals surface area contributed by atoms with E-state index in [1.165, 1.54) is 10.4 Å². The second kappa shape index (κ2) is 7.06. The van der Waals surface area contributed by atoms with Crippen molar-refractivity contribution in [1.82, 2.24) is 19.4 Å². The van der Waals surface area contributed by atoms with Crippen LogP contribution in [0.4, 0.5) is 0 Å². The Bertz CT molecular complexity index is 969. The molecule has 1 aromatic heterocycles. The molecule has 1 aromatic carbocycles. The lowest BCUT2D eigenvalue weighted by Crippen LogP contribution is -2.42. The SMILES string of the molecule is CCn1cc(C2CN(S(=O)(=O)c3ccc4c(c3)C(=O)NCC4)CCO2)cn1. The van der Waals surface area contributed by atoms with Crippen molar-refractivity contribution in [1.29, 1.82) is 0 Å². The van der Waals surface area contributed by atoms with Crippen LogP contribution in [-0.2, 0) is 27.7 Å². The van der Waals surface area contributed by atoms with Gasteiger partial charge in [0, 0.05) is 43.5 Å². The molecule has 1 N–H and O–H groups in total. The Morgan fingerprint density at radius 1 is 1.37 bits per heavy atom. The average Bonchev–Trinajstić information content (AvgIpc) is 3.17. The molecule has 1 amide bonds. The van der Waals surface area contributed by atoms with Crippen molar-refractivity contribution in [3.05, 3.63) is 47.3 Å². The van der Waals surface area contributed by atoms with Crippen molar-refractivity contribution in [3.8, 4) is 0 Å². The molecule has 8 nitrogen and oxygen atoms in total. The maximum atomic E-state index is 13.1.